The lowest BCUT2D eigenvalue weighted by atomic mass is 10.1. The summed E-state index contributed by atoms with van der Waals surface area (Å²) in [7, 11) is 3.77. The summed E-state index contributed by atoms with van der Waals surface area (Å²) in [5.41, 5.74) is 1.95. The lowest BCUT2D eigenvalue weighted by Gasteiger charge is -2.14. The Labute approximate surface area is 107 Å². The molecule has 2 rings (SSSR count). The topological polar surface area (TPSA) is 52.0 Å². The number of aromatic nitrogens is 3. The first-order chi connectivity index (χ1) is 8.61. The van der Waals surface area contributed by atoms with Crippen LogP contribution in [0.15, 0.2) is 24.4 Å². The van der Waals surface area contributed by atoms with Crippen LogP contribution in [0.3, 0.4) is 0 Å². The molecule has 0 spiro atoms. The van der Waals surface area contributed by atoms with Crippen LogP contribution in [-0.4, -0.2) is 21.8 Å². The molecular weight excluding hydrogens is 228 g/mol. The van der Waals surface area contributed by atoms with Crippen molar-refractivity contribution in [3.8, 4) is 11.8 Å². The summed E-state index contributed by atoms with van der Waals surface area (Å²) in [6.45, 7) is 4.00. The van der Waals surface area contributed by atoms with Crippen molar-refractivity contribution in [2.75, 3.05) is 7.05 Å². The van der Waals surface area contributed by atoms with Gasteiger partial charge in [0.2, 0.25) is 11.8 Å². The average molecular weight is 246 g/mol. The van der Waals surface area contributed by atoms with E-state index in [1.807, 2.05) is 39.2 Å². The Kier molecular flexibility index (Phi) is 3.62. The molecule has 18 heavy (non-hydrogen) atoms. The number of hydrogen-bond donors (Lipinski definition) is 1. The second kappa shape index (κ2) is 5.18. The highest BCUT2D eigenvalue weighted by atomic mass is 16.5. The molecule has 1 atom stereocenters. The number of nitrogens with one attached hydrogen (secondary N) is 1. The van der Waals surface area contributed by atoms with Crippen LogP contribution < -0.4 is 10.1 Å². The molecule has 96 valence electrons. The third-order valence-electron chi connectivity index (χ3n) is 2.86. The van der Waals surface area contributed by atoms with Gasteiger partial charge in [0.25, 0.3) is 0 Å². The van der Waals surface area contributed by atoms with E-state index in [0.717, 1.165) is 11.3 Å². The Morgan fingerprint density at radius 3 is 2.83 bits per heavy atom. The number of pyridine rings is 1. The van der Waals surface area contributed by atoms with Crippen molar-refractivity contribution in [2.24, 2.45) is 7.05 Å². The summed E-state index contributed by atoms with van der Waals surface area (Å²) in [6.07, 6.45) is 1.73. The van der Waals surface area contributed by atoms with E-state index in [1.165, 1.54) is 0 Å². The van der Waals surface area contributed by atoms with Gasteiger partial charge < -0.3 is 10.1 Å². The normalized spacial score (nSPS) is 12.4. The third kappa shape index (κ3) is 2.51. The SMILES string of the molecule is CNC(C)c1cccnc1Oc1cc(C)nn1C. The summed E-state index contributed by atoms with van der Waals surface area (Å²) < 4.78 is 7.54. The number of aryl methyl sites for hydroxylation is 2. The third-order valence-corrected chi connectivity index (χ3v) is 2.86. The first-order valence-electron chi connectivity index (χ1n) is 5.92. The lowest BCUT2D eigenvalue weighted by Crippen LogP contribution is -2.13. The second-order valence-corrected chi connectivity index (χ2v) is 4.26. The lowest BCUT2D eigenvalue weighted by molar-refractivity contribution is 0.405. The largest absolute Gasteiger partial charge is 0.421 e. The molecule has 0 saturated carbocycles. The van der Waals surface area contributed by atoms with E-state index in [4.69, 9.17) is 4.74 Å². The molecule has 2 aromatic heterocycles. The fourth-order valence-electron chi connectivity index (χ4n) is 1.76. The van der Waals surface area contributed by atoms with Crippen molar-refractivity contribution in [3.63, 3.8) is 0 Å². The molecule has 2 heterocycles. The Bertz CT molecular complexity index is 536. The van der Waals surface area contributed by atoms with Gasteiger partial charge in [-0.3, -0.25) is 0 Å². The van der Waals surface area contributed by atoms with Gasteiger partial charge in [-0.1, -0.05) is 6.07 Å². The summed E-state index contributed by atoms with van der Waals surface area (Å²) in [5.74, 6) is 1.30. The molecule has 0 aliphatic heterocycles. The van der Waals surface area contributed by atoms with Crippen LogP contribution in [0.1, 0.15) is 24.2 Å². The van der Waals surface area contributed by atoms with E-state index >= 15 is 0 Å². The maximum absolute atomic E-state index is 5.83. The van der Waals surface area contributed by atoms with Crippen LogP contribution in [0.5, 0.6) is 11.8 Å². The zero-order valence-corrected chi connectivity index (χ0v) is 11.1. The summed E-state index contributed by atoms with van der Waals surface area (Å²) in [5, 5.41) is 7.43. The minimum atomic E-state index is 0.183. The number of hydrogen-bond acceptors (Lipinski definition) is 4. The second-order valence-electron chi connectivity index (χ2n) is 4.26. The van der Waals surface area contributed by atoms with Crippen molar-refractivity contribution in [3.05, 3.63) is 35.7 Å². The highest BCUT2D eigenvalue weighted by molar-refractivity contribution is 5.32. The molecule has 0 aliphatic carbocycles. The van der Waals surface area contributed by atoms with Crippen molar-refractivity contribution < 1.29 is 4.74 Å². The van der Waals surface area contributed by atoms with E-state index in [0.29, 0.717) is 11.8 Å². The predicted molar refractivity (Wildman–Crippen MR) is 69.7 cm³/mol. The molecule has 5 heteroatoms. The van der Waals surface area contributed by atoms with Gasteiger partial charge in [-0.2, -0.15) is 5.10 Å². The number of ether oxygens (including phenoxy) is 1. The molecular formula is C13H18N4O. The van der Waals surface area contributed by atoms with E-state index in [-0.39, 0.29) is 6.04 Å². The predicted octanol–water partition coefficient (Wildman–Crippen LogP) is 2.20. The molecule has 0 aliphatic rings. The van der Waals surface area contributed by atoms with Crippen LogP contribution in [0.4, 0.5) is 0 Å². The highest BCUT2D eigenvalue weighted by Gasteiger charge is 2.13. The van der Waals surface area contributed by atoms with Gasteiger partial charge in [0.1, 0.15) is 0 Å². The van der Waals surface area contributed by atoms with Crippen molar-refractivity contribution in [1.29, 1.82) is 0 Å². The Hall–Kier alpha value is -1.88. The molecule has 0 radical (unpaired) electrons. The van der Waals surface area contributed by atoms with Crippen molar-refractivity contribution >= 4 is 0 Å². The van der Waals surface area contributed by atoms with Gasteiger partial charge in [-0.05, 0) is 27.0 Å². The molecule has 5 nitrogen and oxygen atoms in total. The van der Waals surface area contributed by atoms with Gasteiger partial charge in [0, 0.05) is 30.9 Å². The van der Waals surface area contributed by atoms with E-state index in [9.17, 15) is 0 Å². The van der Waals surface area contributed by atoms with Gasteiger partial charge in [0.05, 0.1) is 5.69 Å². The van der Waals surface area contributed by atoms with E-state index in [1.54, 1.807) is 10.9 Å². The molecule has 0 amide bonds. The fourth-order valence-corrected chi connectivity index (χ4v) is 1.76. The Balaban J connectivity index is 2.31. The fraction of sp³-hybridized carbons (Fsp3) is 0.385. The van der Waals surface area contributed by atoms with E-state index < -0.39 is 0 Å². The first-order valence-corrected chi connectivity index (χ1v) is 5.92. The quantitative estimate of drug-likeness (QED) is 0.898. The maximum atomic E-state index is 5.83. The first kappa shape index (κ1) is 12.6. The zero-order chi connectivity index (χ0) is 13.1. The molecule has 2 aromatic rings. The Morgan fingerprint density at radius 1 is 1.44 bits per heavy atom. The number of rotatable bonds is 4. The van der Waals surface area contributed by atoms with Crippen LogP contribution in [0.25, 0.3) is 0 Å². The number of nitrogens with zero attached hydrogens (tertiary/aromatic N) is 3. The molecule has 1 N–H and O–H groups in total. The Morgan fingerprint density at radius 2 is 2.22 bits per heavy atom. The minimum Gasteiger partial charge on any atom is -0.421 e. The van der Waals surface area contributed by atoms with Gasteiger partial charge in [0.15, 0.2) is 0 Å². The highest BCUT2D eigenvalue weighted by Crippen LogP contribution is 2.27. The minimum absolute atomic E-state index is 0.183. The van der Waals surface area contributed by atoms with Crippen LogP contribution >= 0.6 is 0 Å². The van der Waals surface area contributed by atoms with Gasteiger partial charge in [-0.15, -0.1) is 0 Å². The van der Waals surface area contributed by atoms with E-state index in [2.05, 4.69) is 22.3 Å². The summed E-state index contributed by atoms with van der Waals surface area (Å²) >= 11 is 0. The molecule has 0 bridgehead atoms. The zero-order valence-electron chi connectivity index (χ0n) is 11.1. The van der Waals surface area contributed by atoms with Crippen LogP contribution in [0.2, 0.25) is 0 Å². The van der Waals surface area contributed by atoms with Crippen LogP contribution in [-0.2, 0) is 7.05 Å². The monoisotopic (exact) mass is 246 g/mol. The molecule has 0 fully saturated rings. The smallest absolute Gasteiger partial charge is 0.226 e. The maximum Gasteiger partial charge on any atom is 0.226 e. The average Bonchev–Trinajstić information content (AvgIpc) is 2.67. The van der Waals surface area contributed by atoms with Crippen molar-refractivity contribution in [2.45, 2.75) is 19.9 Å². The molecule has 0 aromatic carbocycles. The van der Waals surface area contributed by atoms with Crippen molar-refractivity contribution in [1.82, 2.24) is 20.1 Å². The van der Waals surface area contributed by atoms with Gasteiger partial charge >= 0.3 is 0 Å². The van der Waals surface area contributed by atoms with Gasteiger partial charge in [-0.25, -0.2) is 9.67 Å². The standard InChI is InChI=1S/C13H18N4O/c1-9-8-12(17(4)16-9)18-13-11(10(2)14-3)6-5-7-15-13/h5-8,10,14H,1-4H3. The summed E-state index contributed by atoms with van der Waals surface area (Å²) in [6, 6.07) is 5.99. The molecule has 0 saturated heterocycles. The molecule has 1 unspecified atom stereocenters. The summed E-state index contributed by atoms with van der Waals surface area (Å²) in [4.78, 5) is 4.29. The van der Waals surface area contributed by atoms with Crippen LogP contribution in [0, 0.1) is 6.92 Å².